The number of hydrogen-bond donors (Lipinski definition) is 2. The van der Waals surface area contributed by atoms with Gasteiger partial charge in [-0.3, -0.25) is 0 Å². The molecule has 5 saturated heterocycles. The zero-order valence-electron chi connectivity index (χ0n) is 34.3. The van der Waals surface area contributed by atoms with Crippen LogP contribution >= 0.6 is 0 Å². The van der Waals surface area contributed by atoms with Crippen molar-refractivity contribution in [3.63, 3.8) is 0 Å². The molecule has 0 aromatic heterocycles. The fourth-order valence-corrected chi connectivity index (χ4v) is 15.7. The Hall–Kier alpha value is -2.74. The Balaban J connectivity index is 0.000000497. The monoisotopic (exact) mass is 1400 g/mol. The summed E-state index contributed by atoms with van der Waals surface area (Å²) in [5.74, 6) is -6.57. The quantitative estimate of drug-likeness (QED) is 0.281. The predicted molar refractivity (Wildman–Crippen MR) is 171 cm³/mol. The molecule has 2 N–H and O–H groups in total. The lowest BCUT2D eigenvalue weighted by molar-refractivity contribution is -0.559. The Morgan fingerprint density at radius 2 is 0.570 bits per heavy atom. The van der Waals surface area contributed by atoms with Crippen LogP contribution in [0.5, 0.6) is 0 Å². The van der Waals surface area contributed by atoms with Gasteiger partial charge in [0.2, 0.25) is 0 Å². The van der Waals surface area contributed by atoms with E-state index in [1.807, 2.05) is 0 Å². The van der Waals surface area contributed by atoms with Crippen LogP contribution in [0.4, 0.5) is 145 Å². The number of halogens is 33. The van der Waals surface area contributed by atoms with E-state index in [2.05, 4.69) is 13.7 Å². The zero-order valence-corrected chi connectivity index (χ0v) is 40.0. The van der Waals surface area contributed by atoms with E-state index in [1.54, 1.807) is 0 Å². The molecule has 5 heterocycles. The summed E-state index contributed by atoms with van der Waals surface area (Å²) in [6.45, 7) is 0. The van der Waals surface area contributed by atoms with Gasteiger partial charge in [0.1, 0.15) is 0 Å². The van der Waals surface area contributed by atoms with E-state index < -0.39 is 177 Å². The minimum absolute atomic E-state index is 0.167. The van der Waals surface area contributed by atoms with Crippen LogP contribution in [0.1, 0.15) is 0 Å². The molecule has 1 atom stereocenters. The van der Waals surface area contributed by atoms with Gasteiger partial charge in [0.15, 0.2) is 0 Å². The average molecular weight is 1400 g/mol. The summed E-state index contributed by atoms with van der Waals surface area (Å²) in [5, 5.41) is -36.2. The molecule has 0 spiro atoms. The van der Waals surface area contributed by atoms with Gasteiger partial charge in [-0.05, 0) is 14.1 Å². The molecule has 0 radical (unpaired) electrons. The van der Waals surface area contributed by atoms with Crippen molar-refractivity contribution in [2.45, 2.75) is 96.3 Å². The summed E-state index contributed by atoms with van der Waals surface area (Å²) in [4.78, 5) is -3.44. The van der Waals surface area contributed by atoms with Crippen LogP contribution in [-0.4, -0.2) is 175 Å². The van der Waals surface area contributed by atoms with Crippen molar-refractivity contribution < 1.29 is 213 Å². The molecule has 1 unspecified atom stereocenters. The summed E-state index contributed by atoms with van der Waals surface area (Å²) in [5.41, 5.74) is -5.86. The normalized spacial score (nSPS) is 31.9. The third kappa shape index (κ3) is 10.8. The molecule has 5 fully saturated rings. The molecule has 0 aliphatic carbocycles. The van der Waals surface area contributed by atoms with Crippen molar-refractivity contribution in [1.82, 2.24) is 18.1 Å². The highest BCUT2D eigenvalue weighted by Gasteiger charge is 2.88. The molecule has 0 amide bonds. The Labute approximate surface area is 412 Å². The van der Waals surface area contributed by atoms with Crippen LogP contribution in [-0.2, 0) is 84.5 Å². The standard InChI is InChI=1S/2C5H3F8NO.C4HF7O6S3.C3HF6NO4S2.C2HF4NO4S2/c2*1-14-2(6,7)4(10,11)15-5(12,13)3(14,8)9;5-2(6)3(7,8)20(15,16)1(19(2,13)14)17-18(12)4(9,10)11;4-1(5)2(6,7)15(11,12)10-16(13,14)3(1,8)9;3-1(4)2(5,6)13(10,11)7-12(1,8)9/h2*1H3;1H;10H;7H. The summed E-state index contributed by atoms with van der Waals surface area (Å²) in [7, 11) is -38.6. The smallest absolute Gasteiger partial charge is 0.247 e. The number of alkyl halides is 33. The van der Waals surface area contributed by atoms with Crippen LogP contribution in [0.3, 0.4) is 0 Å². The van der Waals surface area contributed by atoms with Crippen LogP contribution in [0.15, 0.2) is 0 Å². The van der Waals surface area contributed by atoms with Gasteiger partial charge in [-0.1, -0.05) is 8.25 Å². The maximum absolute atomic E-state index is 12.8. The van der Waals surface area contributed by atoms with Gasteiger partial charge in [-0.2, -0.15) is 155 Å². The molecule has 20 nitrogen and oxygen atoms in total. The number of morpholine rings is 2. The molecule has 5 rings (SSSR count). The van der Waals surface area contributed by atoms with Crippen molar-refractivity contribution in [1.29, 1.82) is 0 Å². The topological polar surface area (TPSA) is 280 Å². The van der Waals surface area contributed by atoms with Crippen LogP contribution in [0.25, 0.3) is 0 Å². The SMILES string of the molecule is CN1C(F)(F)C(F)(F)OC(F)(F)C1(F)F.CN1C(F)(F)C(F)(F)OC(F)(F)C1(F)F.O=S(OC1S(=O)(=O)C(F)(F)C(F)(F)S1(=O)=O)C(F)(F)F.O=S1(=O)NS(=O)(=O)C(F)(F)C(F)(F)C1(F)F.O=S1(=O)NS(=O)(=O)C(F)(F)C1(F)F. The molecular weight excluding hydrogens is 1390 g/mol. The Morgan fingerprint density at radius 3 is 0.747 bits per heavy atom. The van der Waals surface area contributed by atoms with Crippen molar-refractivity contribution in [2.24, 2.45) is 0 Å². The van der Waals surface area contributed by atoms with Gasteiger partial charge in [0, 0.05) is 0 Å². The minimum Gasteiger partial charge on any atom is -0.247 e. The third-order valence-electron chi connectivity index (χ3n) is 8.37. The van der Waals surface area contributed by atoms with Gasteiger partial charge in [0.25, 0.3) is 75.6 Å². The predicted octanol–water partition coefficient (Wildman–Crippen LogP) is 4.64. The molecular formula is C19H9F33N4O16S7. The number of rotatable bonds is 2. The van der Waals surface area contributed by atoms with Crippen molar-refractivity contribution in [3.8, 4) is 0 Å². The first kappa shape index (κ1) is 74.3. The number of hydrogen-bond acceptors (Lipinski definition) is 18. The second kappa shape index (κ2) is 19.4. The molecule has 60 heteroatoms. The lowest BCUT2D eigenvalue weighted by atomic mass is 10.3. The highest BCUT2D eigenvalue weighted by Crippen LogP contribution is 2.58. The lowest BCUT2D eigenvalue weighted by Crippen LogP contribution is -2.72. The summed E-state index contributed by atoms with van der Waals surface area (Å²) in [6.07, 6.45) is -22.8. The second-order valence-electron chi connectivity index (χ2n) is 13.6. The zero-order chi connectivity index (χ0) is 64.8. The number of sulfonamides is 4. The summed E-state index contributed by atoms with van der Waals surface area (Å²) >= 11 is -4.71. The Morgan fingerprint density at radius 1 is 0.380 bits per heavy atom. The molecule has 474 valence electrons. The Kier molecular flexibility index (Phi) is 18.2. The van der Waals surface area contributed by atoms with E-state index >= 15 is 0 Å². The fraction of sp³-hybridized carbons (Fsp3) is 1.00. The largest absolute Gasteiger partial charge is 0.497 e. The van der Waals surface area contributed by atoms with Gasteiger partial charge < -0.3 is 0 Å². The molecule has 0 aromatic rings. The van der Waals surface area contributed by atoms with Gasteiger partial charge >= 0.3 is 91.6 Å². The van der Waals surface area contributed by atoms with Gasteiger partial charge in [-0.15, -0.1) is 0 Å². The second-order valence-corrected chi connectivity index (χ2v) is 26.5. The molecule has 5 aliphatic rings. The first-order chi connectivity index (χ1) is 33.4. The first-order valence-corrected chi connectivity index (χ1v) is 26.2. The fourth-order valence-electron chi connectivity index (χ4n) is 3.99. The van der Waals surface area contributed by atoms with E-state index in [9.17, 15) is 200 Å². The first-order valence-electron chi connectivity index (χ1n) is 16.1. The number of likely N-dealkylation sites (N-methyl/N-ethyl adjacent to an activating group) is 2. The van der Waals surface area contributed by atoms with E-state index in [0.717, 1.165) is 0 Å². The van der Waals surface area contributed by atoms with Crippen LogP contribution in [0.2, 0.25) is 0 Å². The van der Waals surface area contributed by atoms with Crippen LogP contribution < -0.4 is 8.25 Å². The summed E-state index contributed by atoms with van der Waals surface area (Å²) < 4.78 is 547. The van der Waals surface area contributed by atoms with Crippen LogP contribution in [0, 0.1) is 0 Å². The Bertz CT molecular complexity index is 2860. The number of sulfone groups is 2. The van der Waals surface area contributed by atoms with E-state index in [0.29, 0.717) is 0 Å². The lowest BCUT2D eigenvalue weighted by Gasteiger charge is -2.45. The number of nitrogens with zero attached hydrogens (tertiary/aromatic N) is 2. The molecule has 0 saturated carbocycles. The van der Waals surface area contributed by atoms with E-state index in [4.69, 9.17) is 0 Å². The maximum Gasteiger partial charge on any atom is 0.497 e. The maximum atomic E-state index is 12.8. The minimum atomic E-state index is -6.72. The average Bonchev–Trinajstić information content (AvgIpc) is 3.31. The van der Waals surface area contributed by atoms with E-state index in [-0.39, 0.29) is 22.4 Å². The molecule has 0 bridgehead atoms. The third-order valence-corrected chi connectivity index (χ3v) is 21.5. The molecule has 0 aromatic carbocycles. The van der Waals surface area contributed by atoms with Gasteiger partial charge in [-0.25, -0.2) is 68.4 Å². The highest BCUT2D eigenvalue weighted by molar-refractivity contribution is 8.13. The summed E-state index contributed by atoms with van der Waals surface area (Å²) in [6, 6.07) is -22.1. The van der Waals surface area contributed by atoms with E-state index in [1.165, 1.54) is 0 Å². The molecule has 5 aliphatic heterocycles. The number of nitrogens with one attached hydrogen (secondary N) is 2. The highest BCUT2D eigenvalue weighted by atomic mass is 32.3. The van der Waals surface area contributed by atoms with Crippen molar-refractivity contribution in [3.05, 3.63) is 0 Å². The number of ether oxygens (including phenoxy) is 2. The van der Waals surface area contributed by atoms with Crippen molar-refractivity contribution in [2.75, 3.05) is 14.1 Å². The molecule has 79 heavy (non-hydrogen) atoms. The van der Waals surface area contributed by atoms with Crippen molar-refractivity contribution >= 4 is 70.8 Å². The van der Waals surface area contributed by atoms with Gasteiger partial charge in [0.05, 0.1) is 0 Å².